The normalized spacial score (nSPS) is 13.1. The number of carbonyl (C=O) groups excluding carboxylic acids is 2. The molecule has 1 aromatic carbocycles. The number of likely N-dealkylation sites (N-methyl/N-ethyl adjacent to an activating group) is 2. The maximum Gasteiger partial charge on any atom is 0.269 e. The van der Waals surface area contributed by atoms with Gasteiger partial charge in [0, 0.05) is 32.9 Å². The van der Waals surface area contributed by atoms with Crippen molar-refractivity contribution < 1.29 is 19.1 Å². The Hall–Kier alpha value is -3.61. The molecule has 11 nitrogen and oxygen atoms in total. The van der Waals surface area contributed by atoms with Crippen LogP contribution in [0.15, 0.2) is 30.4 Å². The minimum absolute atomic E-state index is 0.0577. The van der Waals surface area contributed by atoms with Gasteiger partial charge in [0.1, 0.15) is 17.9 Å². The molecule has 0 fully saturated rings. The lowest BCUT2D eigenvalue weighted by Crippen LogP contribution is -2.47. The topological polar surface area (TPSA) is 140 Å². The molecule has 12 heteroatoms. The number of carbonyl (C=O) groups is 2. The number of aliphatic hydroxyl groups is 1. The van der Waals surface area contributed by atoms with Crippen molar-refractivity contribution in [3.8, 4) is 0 Å². The molecular weight excluding hydrogens is 503 g/mol. The molecule has 0 saturated carbocycles. The highest BCUT2D eigenvalue weighted by Crippen LogP contribution is 2.19. The molecule has 0 aliphatic heterocycles. The molecule has 2 atom stereocenters. The number of anilines is 2. The molecule has 1 aromatic heterocycles. The van der Waals surface area contributed by atoms with Crippen LogP contribution in [0, 0.1) is 12.7 Å². The molecule has 2 rings (SSSR count). The van der Waals surface area contributed by atoms with Gasteiger partial charge < -0.3 is 31.3 Å². The number of hydrogen-bond donors (Lipinski definition) is 4. The Labute approximate surface area is 229 Å². The molecule has 2 amide bonds. The number of halogens is 1. The second-order valence-corrected chi connectivity index (χ2v) is 9.87. The first-order valence-corrected chi connectivity index (χ1v) is 12.7. The first kappa shape index (κ1) is 31.6. The van der Waals surface area contributed by atoms with Gasteiger partial charge in [-0.25, -0.2) is 14.4 Å². The third kappa shape index (κ3) is 9.57. The fourth-order valence-electron chi connectivity index (χ4n) is 3.79. The van der Waals surface area contributed by atoms with E-state index in [9.17, 15) is 19.1 Å². The fourth-order valence-corrected chi connectivity index (χ4v) is 3.79. The second-order valence-electron chi connectivity index (χ2n) is 9.87. The van der Waals surface area contributed by atoms with Crippen LogP contribution in [0.5, 0.6) is 0 Å². The molecule has 1 unspecified atom stereocenters. The average molecular weight is 545 g/mol. The number of primary amides is 1. The number of rotatable bonds is 14. The van der Waals surface area contributed by atoms with Crippen LogP contribution in [-0.4, -0.2) is 97.3 Å². The van der Waals surface area contributed by atoms with Crippen molar-refractivity contribution in [2.75, 3.05) is 58.5 Å². The summed E-state index contributed by atoms with van der Waals surface area (Å²) in [5.41, 5.74) is 7.64. The van der Waals surface area contributed by atoms with Crippen LogP contribution in [0.4, 0.5) is 15.9 Å². The Morgan fingerprint density at radius 3 is 2.46 bits per heavy atom. The van der Waals surface area contributed by atoms with Crippen molar-refractivity contribution in [3.05, 3.63) is 58.8 Å². The third-order valence-corrected chi connectivity index (χ3v) is 6.09. The summed E-state index contributed by atoms with van der Waals surface area (Å²) < 4.78 is 14.4. The molecular formula is C27H41FN8O3. The molecule has 0 saturated heterocycles. The van der Waals surface area contributed by atoms with E-state index >= 15 is 0 Å². The standard InChI is InChI=1S/C27H41FN8O3/c1-17-26(35(5)6)33-22(24(32-17)25(29)38)16-31-21-14-19(13-20(28)15-21)10-11-30-27(39)18(2)36(7)23(37)9-8-12-34(3)4/h8-9,13-15,18,23,31,37H,10-12,16H2,1-7H3,(H2,29,38)(H,30,39)/b9-8+/t18-,23?/m0/s1. The lowest BCUT2D eigenvalue weighted by atomic mass is 10.1. The largest absolute Gasteiger partial charge is 0.379 e. The van der Waals surface area contributed by atoms with Crippen molar-refractivity contribution >= 4 is 23.3 Å². The van der Waals surface area contributed by atoms with Crippen molar-refractivity contribution in [3.63, 3.8) is 0 Å². The van der Waals surface area contributed by atoms with Crippen LogP contribution in [0.25, 0.3) is 0 Å². The number of nitrogens with two attached hydrogens (primary N) is 1. The number of amides is 2. The molecule has 214 valence electrons. The Balaban J connectivity index is 2.00. The van der Waals surface area contributed by atoms with E-state index in [0.29, 0.717) is 41.4 Å². The van der Waals surface area contributed by atoms with Crippen LogP contribution in [0.3, 0.4) is 0 Å². The van der Waals surface area contributed by atoms with Gasteiger partial charge in [0.15, 0.2) is 5.69 Å². The van der Waals surface area contributed by atoms with Gasteiger partial charge in [0.2, 0.25) is 5.91 Å². The Morgan fingerprint density at radius 2 is 1.85 bits per heavy atom. The predicted octanol–water partition coefficient (Wildman–Crippen LogP) is 1.12. The number of hydrogen-bond acceptors (Lipinski definition) is 9. The van der Waals surface area contributed by atoms with Crippen molar-refractivity contribution in [1.82, 2.24) is 25.1 Å². The minimum Gasteiger partial charge on any atom is -0.379 e. The fraction of sp³-hybridized carbons (Fsp3) is 0.481. The monoisotopic (exact) mass is 544 g/mol. The third-order valence-electron chi connectivity index (χ3n) is 6.09. The zero-order chi connectivity index (χ0) is 29.3. The van der Waals surface area contributed by atoms with E-state index in [4.69, 9.17) is 5.73 Å². The molecule has 0 radical (unpaired) electrons. The lowest BCUT2D eigenvalue weighted by molar-refractivity contribution is -0.128. The van der Waals surface area contributed by atoms with Crippen molar-refractivity contribution in [1.29, 1.82) is 0 Å². The van der Waals surface area contributed by atoms with Crippen LogP contribution in [0.2, 0.25) is 0 Å². The van der Waals surface area contributed by atoms with Crippen LogP contribution in [0.1, 0.15) is 34.4 Å². The zero-order valence-electron chi connectivity index (χ0n) is 23.8. The van der Waals surface area contributed by atoms with Crippen molar-refractivity contribution in [2.24, 2.45) is 5.73 Å². The van der Waals surface area contributed by atoms with Gasteiger partial charge in [-0.3, -0.25) is 14.5 Å². The summed E-state index contributed by atoms with van der Waals surface area (Å²) in [6.45, 7) is 4.53. The van der Waals surface area contributed by atoms with Gasteiger partial charge in [-0.15, -0.1) is 0 Å². The average Bonchev–Trinajstić information content (AvgIpc) is 2.85. The van der Waals surface area contributed by atoms with Crippen LogP contribution in [-0.2, 0) is 17.8 Å². The van der Waals surface area contributed by atoms with Gasteiger partial charge in [-0.2, -0.15) is 0 Å². The number of aliphatic hydroxyl groups excluding tert-OH is 1. The van der Waals surface area contributed by atoms with Gasteiger partial charge in [0.25, 0.3) is 5.91 Å². The van der Waals surface area contributed by atoms with E-state index < -0.39 is 24.0 Å². The maximum absolute atomic E-state index is 14.4. The summed E-state index contributed by atoms with van der Waals surface area (Å²) in [5.74, 6) is -0.785. The number of benzene rings is 1. The number of nitrogens with one attached hydrogen (secondary N) is 2. The summed E-state index contributed by atoms with van der Waals surface area (Å²) in [6.07, 6.45) is 2.97. The van der Waals surface area contributed by atoms with Gasteiger partial charge >= 0.3 is 0 Å². The van der Waals surface area contributed by atoms with E-state index in [-0.39, 0.29) is 24.7 Å². The second kappa shape index (κ2) is 14.5. The minimum atomic E-state index is -0.898. The molecule has 2 aromatic rings. The molecule has 0 bridgehead atoms. The lowest BCUT2D eigenvalue weighted by Gasteiger charge is -2.27. The van der Waals surface area contributed by atoms with Crippen molar-refractivity contribution in [2.45, 2.75) is 39.1 Å². The van der Waals surface area contributed by atoms with E-state index in [1.54, 1.807) is 42.8 Å². The van der Waals surface area contributed by atoms with E-state index in [2.05, 4.69) is 20.6 Å². The molecule has 0 aliphatic rings. The predicted molar refractivity (Wildman–Crippen MR) is 151 cm³/mol. The summed E-state index contributed by atoms with van der Waals surface area (Å²) in [6, 6.07) is 3.93. The van der Waals surface area contributed by atoms with E-state index in [1.807, 2.05) is 39.2 Å². The summed E-state index contributed by atoms with van der Waals surface area (Å²) in [4.78, 5) is 38.6. The maximum atomic E-state index is 14.4. The first-order chi connectivity index (χ1) is 18.3. The Morgan fingerprint density at radius 1 is 1.15 bits per heavy atom. The SMILES string of the molecule is Cc1nc(C(N)=O)c(CNc2cc(F)cc(CCNC(=O)[C@H](C)N(C)C(O)/C=C/CN(C)C)c2)nc1N(C)C. The van der Waals surface area contributed by atoms with E-state index in [1.165, 1.54) is 12.1 Å². The highest BCUT2D eigenvalue weighted by atomic mass is 19.1. The smallest absolute Gasteiger partial charge is 0.269 e. The molecule has 0 aliphatic carbocycles. The van der Waals surface area contributed by atoms with Crippen LogP contribution >= 0.6 is 0 Å². The quantitative estimate of drug-likeness (QED) is 0.203. The highest BCUT2D eigenvalue weighted by molar-refractivity contribution is 5.92. The molecule has 1 heterocycles. The first-order valence-electron chi connectivity index (χ1n) is 12.7. The Bertz CT molecular complexity index is 1170. The molecule has 0 spiro atoms. The summed E-state index contributed by atoms with van der Waals surface area (Å²) >= 11 is 0. The number of aryl methyl sites for hydroxylation is 1. The molecule has 39 heavy (non-hydrogen) atoms. The Kier molecular flexibility index (Phi) is 11.8. The zero-order valence-corrected chi connectivity index (χ0v) is 23.8. The summed E-state index contributed by atoms with van der Waals surface area (Å²) in [5, 5.41) is 16.2. The van der Waals surface area contributed by atoms with Crippen LogP contribution < -0.4 is 21.3 Å². The molecule has 5 N–H and O–H groups in total. The van der Waals surface area contributed by atoms with E-state index in [0.717, 1.165) is 0 Å². The van der Waals surface area contributed by atoms with Gasteiger partial charge in [-0.1, -0.05) is 6.08 Å². The summed E-state index contributed by atoms with van der Waals surface area (Å²) in [7, 11) is 9.16. The number of nitrogens with zero attached hydrogens (tertiary/aromatic N) is 5. The van der Waals surface area contributed by atoms with Gasteiger partial charge in [0.05, 0.1) is 24.0 Å². The van der Waals surface area contributed by atoms with Gasteiger partial charge in [-0.05, 0) is 71.2 Å². The number of aromatic nitrogens is 2. The highest BCUT2D eigenvalue weighted by Gasteiger charge is 2.22.